The zero-order chi connectivity index (χ0) is 15.1. The predicted molar refractivity (Wildman–Crippen MR) is 92.0 cm³/mol. The van der Waals surface area contributed by atoms with Crippen LogP contribution in [0.25, 0.3) is 6.08 Å². The van der Waals surface area contributed by atoms with Gasteiger partial charge in [0.2, 0.25) is 5.91 Å². The SMILES string of the molecule is CN(Cc1ccccc1)C(=S)NC(=O)/C=C/c1cccs1. The molecule has 1 heterocycles. The zero-order valence-corrected chi connectivity index (χ0v) is 13.3. The van der Waals surface area contributed by atoms with E-state index in [0.717, 1.165) is 10.4 Å². The van der Waals surface area contributed by atoms with Crippen molar-refractivity contribution in [2.24, 2.45) is 0 Å². The fraction of sp³-hybridized carbons (Fsp3) is 0.125. The molecule has 0 aliphatic rings. The average Bonchev–Trinajstić information content (AvgIpc) is 2.99. The molecule has 2 rings (SSSR count). The molecule has 108 valence electrons. The van der Waals surface area contributed by atoms with Crippen LogP contribution < -0.4 is 5.32 Å². The molecule has 21 heavy (non-hydrogen) atoms. The van der Waals surface area contributed by atoms with Gasteiger partial charge in [0.25, 0.3) is 0 Å². The molecule has 0 fully saturated rings. The Hall–Kier alpha value is -1.98. The highest BCUT2D eigenvalue weighted by Crippen LogP contribution is 2.09. The third kappa shape index (κ3) is 5.13. The normalized spacial score (nSPS) is 10.5. The molecule has 0 radical (unpaired) electrons. The van der Waals surface area contributed by atoms with Crippen molar-refractivity contribution in [3.05, 3.63) is 64.4 Å². The van der Waals surface area contributed by atoms with Crippen LogP contribution in [-0.2, 0) is 11.3 Å². The van der Waals surface area contributed by atoms with Crippen molar-refractivity contribution >= 4 is 40.7 Å². The van der Waals surface area contributed by atoms with E-state index in [2.05, 4.69) is 5.32 Å². The standard InChI is InChI=1S/C16H16N2OS2/c1-18(12-13-6-3-2-4-7-13)16(20)17-15(19)10-9-14-8-5-11-21-14/h2-11H,12H2,1H3,(H,17,19,20)/b10-9+. The van der Waals surface area contributed by atoms with Crippen LogP contribution in [0.5, 0.6) is 0 Å². The molecule has 0 unspecified atom stereocenters. The van der Waals surface area contributed by atoms with Crippen molar-refractivity contribution in [1.82, 2.24) is 10.2 Å². The van der Waals surface area contributed by atoms with E-state index in [1.807, 2.05) is 59.8 Å². The largest absolute Gasteiger partial charge is 0.348 e. The van der Waals surface area contributed by atoms with Crippen molar-refractivity contribution in [3.8, 4) is 0 Å². The first-order chi connectivity index (χ1) is 10.1. The van der Waals surface area contributed by atoms with Crippen LogP contribution in [0.1, 0.15) is 10.4 Å². The van der Waals surface area contributed by atoms with E-state index in [1.165, 1.54) is 6.08 Å². The zero-order valence-electron chi connectivity index (χ0n) is 11.7. The summed E-state index contributed by atoms with van der Waals surface area (Å²) < 4.78 is 0. The Morgan fingerprint density at radius 1 is 1.29 bits per heavy atom. The number of rotatable bonds is 4. The van der Waals surface area contributed by atoms with Gasteiger partial charge < -0.3 is 4.90 Å². The minimum absolute atomic E-state index is 0.215. The van der Waals surface area contributed by atoms with E-state index < -0.39 is 0 Å². The molecule has 3 nitrogen and oxygen atoms in total. The maximum Gasteiger partial charge on any atom is 0.250 e. The van der Waals surface area contributed by atoms with Crippen LogP contribution >= 0.6 is 23.6 Å². The summed E-state index contributed by atoms with van der Waals surface area (Å²) in [6.07, 6.45) is 3.27. The van der Waals surface area contributed by atoms with Crippen molar-refractivity contribution in [2.45, 2.75) is 6.54 Å². The number of thiophene rings is 1. The van der Waals surface area contributed by atoms with Gasteiger partial charge in [-0.2, -0.15) is 0 Å². The molecule has 5 heteroatoms. The van der Waals surface area contributed by atoms with E-state index in [-0.39, 0.29) is 5.91 Å². The Morgan fingerprint density at radius 3 is 2.71 bits per heavy atom. The lowest BCUT2D eigenvalue weighted by Crippen LogP contribution is -2.39. The van der Waals surface area contributed by atoms with Crippen molar-refractivity contribution in [3.63, 3.8) is 0 Å². The number of carbonyl (C=O) groups is 1. The third-order valence-corrected chi connectivity index (χ3v) is 4.03. The molecule has 1 N–H and O–H groups in total. The molecular formula is C16H16N2OS2. The smallest absolute Gasteiger partial charge is 0.250 e. The highest BCUT2D eigenvalue weighted by atomic mass is 32.1. The fourth-order valence-corrected chi connectivity index (χ4v) is 2.50. The van der Waals surface area contributed by atoms with Gasteiger partial charge >= 0.3 is 0 Å². The van der Waals surface area contributed by atoms with E-state index >= 15 is 0 Å². The number of benzene rings is 1. The van der Waals surface area contributed by atoms with Gasteiger partial charge in [-0.05, 0) is 35.3 Å². The molecule has 0 atom stereocenters. The summed E-state index contributed by atoms with van der Waals surface area (Å²) >= 11 is 6.81. The highest BCUT2D eigenvalue weighted by molar-refractivity contribution is 7.80. The quantitative estimate of drug-likeness (QED) is 0.694. The lowest BCUT2D eigenvalue weighted by atomic mass is 10.2. The predicted octanol–water partition coefficient (Wildman–Crippen LogP) is 3.29. The van der Waals surface area contributed by atoms with E-state index in [4.69, 9.17) is 12.2 Å². The Bertz CT molecular complexity index is 621. The maximum absolute atomic E-state index is 11.8. The fourth-order valence-electron chi connectivity index (χ4n) is 1.72. The Morgan fingerprint density at radius 2 is 2.05 bits per heavy atom. The van der Waals surface area contributed by atoms with Gasteiger partial charge in [0.05, 0.1) is 0 Å². The molecule has 0 aliphatic carbocycles. The molecule has 0 aliphatic heterocycles. The lowest BCUT2D eigenvalue weighted by Gasteiger charge is -2.19. The number of carbonyl (C=O) groups excluding carboxylic acids is 1. The summed E-state index contributed by atoms with van der Waals surface area (Å²) in [5.74, 6) is -0.215. The number of nitrogens with zero attached hydrogens (tertiary/aromatic N) is 1. The molecule has 0 saturated heterocycles. The van der Waals surface area contributed by atoms with E-state index in [0.29, 0.717) is 11.7 Å². The first kappa shape index (κ1) is 15.4. The minimum atomic E-state index is -0.215. The highest BCUT2D eigenvalue weighted by Gasteiger charge is 2.07. The van der Waals surface area contributed by atoms with Crippen LogP contribution in [0.2, 0.25) is 0 Å². The summed E-state index contributed by atoms with van der Waals surface area (Å²) in [5.41, 5.74) is 1.14. The number of nitrogens with one attached hydrogen (secondary N) is 1. The first-order valence-corrected chi connectivity index (χ1v) is 7.75. The second-order valence-corrected chi connectivity index (χ2v) is 5.85. The first-order valence-electron chi connectivity index (χ1n) is 6.47. The van der Waals surface area contributed by atoms with Gasteiger partial charge in [-0.25, -0.2) is 0 Å². The maximum atomic E-state index is 11.8. The van der Waals surface area contributed by atoms with Crippen LogP contribution in [0.4, 0.5) is 0 Å². The molecule has 1 aromatic carbocycles. The van der Waals surface area contributed by atoms with Crippen LogP contribution in [0, 0.1) is 0 Å². The number of amides is 1. The Kier molecular flexibility index (Phi) is 5.66. The van der Waals surface area contributed by atoms with E-state index in [9.17, 15) is 4.79 Å². The summed E-state index contributed by atoms with van der Waals surface area (Å²) in [4.78, 5) is 14.7. The molecule has 0 saturated carbocycles. The number of hydrogen-bond donors (Lipinski definition) is 1. The van der Waals surface area contributed by atoms with Gasteiger partial charge in [0.1, 0.15) is 0 Å². The van der Waals surface area contributed by atoms with Crippen LogP contribution in [0.15, 0.2) is 53.9 Å². The second kappa shape index (κ2) is 7.71. The minimum Gasteiger partial charge on any atom is -0.348 e. The summed E-state index contributed by atoms with van der Waals surface area (Å²) in [6, 6.07) is 13.9. The Labute approximate surface area is 133 Å². The van der Waals surface area contributed by atoms with Crippen LogP contribution in [0.3, 0.4) is 0 Å². The third-order valence-electron chi connectivity index (χ3n) is 2.78. The Balaban J connectivity index is 1.84. The molecule has 0 bridgehead atoms. The van der Waals surface area contributed by atoms with Crippen molar-refractivity contribution in [1.29, 1.82) is 0 Å². The number of thiocarbonyl (C=S) groups is 1. The van der Waals surface area contributed by atoms with E-state index in [1.54, 1.807) is 17.4 Å². The van der Waals surface area contributed by atoms with Crippen LogP contribution in [-0.4, -0.2) is 23.0 Å². The van der Waals surface area contributed by atoms with Gasteiger partial charge in [-0.15, -0.1) is 11.3 Å². The topological polar surface area (TPSA) is 32.3 Å². The average molecular weight is 316 g/mol. The molecule has 1 amide bonds. The van der Waals surface area contributed by atoms with Crippen molar-refractivity contribution in [2.75, 3.05) is 7.05 Å². The van der Waals surface area contributed by atoms with Gasteiger partial charge in [-0.1, -0.05) is 36.4 Å². The van der Waals surface area contributed by atoms with Crippen molar-refractivity contribution < 1.29 is 4.79 Å². The summed E-state index contributed by atoms with van der Waals surface area (Å²) in [5, 5.41) is 5.08. The molecule has 1 aromatic heterocycles. The van der Waals surface area contributed by atoms with Gasteiger partial charge in [0.15, 0.2) is 5.11 Å². The summed E-state index contributed by atoms with van der Waals surface area (Å²) in [6.45, 7) is 0.661. The monoisotopic (exact) mass is 316 g/mol. The lowest BCUT2D eigenvalue weighted by molar-refractivity contribution is -0.115. The summed E-state index contributed by atoms with van der Waals surface area (Å²) in [7, 11) is 1.86. The van der Waals surface area contributed by atoms with Gasteiger partial charge in [0, 0.05) is 24.5 Å². The van der Waals surface area contributed by atoms with Gasteiger partial charge in [-0.3, -0.25) is 10.1 Å². The molecule has 0 spiro atoms. The molecular weight excluding hydrogens is 300 g/mol. The molecule has 2 aromatic rings. The second-order valence-electron chi connectivity index (χ2n) is 4.48. The number of hydrogen-bond acceptors (Lipinski definition) is 3.